The van der Waals surface area contributed by atoms with Gasteiger partial charge < -0.3 is 10.2 Å². The van der Waals surface area contributed by atoms with Crippen molar-refractivity contribution in [2.45, 2.75) is 44.6 Å². The van der Waals surface area contributed by atoms with Crippen molar-refractivity contribution < 1.29 is 0 Å². The number of rotatable bonds is 2. The summed E-state index contributed by atoms with van der Waals surface area (Å²) < 4.78 is 0. The number of thiazole rings is 1. The Hall–Kier alpha value is -1.92. The molecule has 0 amide bonds. The summed E-state index contributed by atoms with van der Waals surface area (Å²) in [5.41, 5.74) is 6.47. The lowest BCUT2D eigenvalue weighted by Gasteiger charge is -2.47. The molecule has 0 bridgehead atoms. The first-order valence-corrected chi connectivity index (χ1v) is 10.3. The second-order valence-electron chi connectivity index (χ2n) is 7.46. The number of aromatic nitrogens is 1. The molecule has 6 heteroatoms. The number of piperidine rings is 2. The molecule has 2 saturated heterocycles. The Morgan fingerprint density at radius 1 is 1.27 bits per heavy atom. The van der Waals surface area contributed by atoms with Crippen molar-refractivity contribution in [3.63, 3.8) is 0 Å². The highest BCUT2D eigenvalue weighted by molar-refractivity contribution is 7.12. The maximum Gasteiger partial charge on any atom is 0.125 e. The highest BCUT2D eigenvalue weighted by atomic mass is 32.1. The first-order valence-electron chi connectivity index (χ1n) is 9.48. The van der Waals surface area contributed by atoms with Gasteiger partial charge in [0.15, 0.2) is 0 Å². The molecule has 2 N–H and O–H groups in total. The van der Waals surface area contributed by atoms with Gasteiger partial charge >= 0.3 is 0 Å². The van der Waals surface area contributed by atoms with Crippen LogP contribution in [0.15, 0.2) is 41.4 Å². The number of hydrogen-bond donors (Lipinski definition) is 2. The third-order valence-electron chi connectivity index (χ3n) is 5.58. The Bertz CT molecular complexity index is 761. The normalized spacial score (nSPS) is 32.0. The summed E-state index contributed by atoms with van der Waals surface area (Å²) in [5.74, 6) is 0. The molecule has 1 aromatic heterocycles. The SMILES string of the molecule is C=C1/C(c2ncc(C)s2)=C\N/N=C\C=C/1N1CCCC2(CCCCN2)C1. The van der Waals surface area contributed by atoms with E-state index in [9.17, 15) is 0 Å². The van der Waals surface area contributed by atoms with Crippen LogP contribution in [0.5, 0.6) is 0 Å². The molecule has 0 saturated carbocycles. The molecule has 4 rings (SSSR count). The van der Waals surface area contributed by atoms with Crippen LogP contribution in [0.25, 0.3) is 5.57 Å². The first-order chi connectivity index (χ1) is 12.7. The first kappa shape index (κ1) is 17.5. The number of hydrogen-bond acceptors (Lipinski definition) is 6. The van der Waals surface area contributed by atoms with Gasteiger partial charge in [-0.15, -0.1) is 11.3 Å². The van der Waals surface area contributed by atoms with E-state index in [0.717, 1.165) is 35.8 Å². The highest BCUT2D eigenvalue weighted by Gasteiger charge is 2.37. The Morgan fingerprint density at radius 2 is 2.15 bits per heavy atom. The largest absolute Gasteiger partial charge is 0.369 e. The third-order valence-corrected chi connectivity index (χ3v) is 6.52. The van der Waals surface area contributed by atoms with E-state index in [4.69, 9.17) is 0 Å². The fourth-order valence-electron chi connectivity index (χ4n) is 4.26. The van der Waals surface area contributed by atoms with Crippen molar-refractivity contribution in [1.29, 1.82) is 0 Å². The molecule has 1 aromatic rings. The molecule has 0 radical (unpaired) electrons. The van der Waals surface area contributed by atoms with Gasteiger partial charge in [-0.2, -0.15) is 5.10 Å². The molecule has 5 nitrogen and oxygen atoms in total. The lowest BCUT2D eigenvalue weighted by atomic mass is 9.81. The topological polar surface area (TPSA) is 52.6 Å². The predicted octanol–water partition coefficient (Wildman–Crippen LogP) is 3.43. The number of nitrogens with one attached hydrogen (secondary N) is 2. The third kappa shape index (κ3) is 3.48. The summed E-state index contributed by atoms with van der Waals surface area (Å²) in [5, 5.41) is 9.08. The van der Waals surface area contributed by atoms with Crippen molar-refractivity contribution in [2.75, 3.05) is 19.6 Å². The van der Waals surface area contributed by atoms with E-state index in [1.54, 1.807) is 11.3 Å². The van der Waals surface area contributed by atoms with Gasteiger partial charge in [-0.3, -0.25) is 5.43 Å². The summed E-state index contributed by atoms with van der Waals surface area (Å²) in [6.45, 7) is 9.78. The minimum Gasteiger partial charge on any atom is -0.369 e. The van der Waals surface area contributed by atoms with E-state index in [-0.39, 0.29) is 5.54 Å². The van der Waals surface area contributed by atoms with Crippen LogP contribution in [-0.2, 0) is 0 Å². The van der Waals surface area contributed by atoms with Gasteiger partial charge in [0.25, 0.3) is 0 Å². The van der Waals surface area contributed by atoms with E-state index in [1.165, 1.54) is 42.7 Å². The zero-order chi connectivity index (χ0) is 18.0. The second-order valence-corrected chi connectivity index (χ2v) is 8.70. The smallest absolute Gasteiger partial charge is 0.125 e. The minimum absolute atomic E-state index is 0.261. The number of hydrazone groups is 1. The molecular weight excluding hydrogens is 342 g/mol. The van der Waals surface area contributed by atoms with Gasteiger partial charge in [0.2, 0.25) is 0 Å². The fraction of sp³-hybridized carbons (Fsp3) is 0.500. The molecule has 1 spiro atoms. The lowest BCUT2D eigenvalue weighted by Crippen LogP contribution is -2.58. The molecule has 0 aromatic carbocycles. The fourth-order valence-corrected chi connectivity index (χ4v) is 5.07. The lowest BCUT2D eigenvalue weighted by molar-refractivity contribution is 0.125. The van der Waals surface area contributed by atoms with E-state index in [1.807, 2.05) is 18.6 Å². The molecule has 138 valence electrons. The number of likely N-dealkylation sites (tertiary alicyclic amines) is 1. The van der Waals surface area contributed by atoms with E-state index < -0.39 is 0 Å². The van der Waals surface area contributed by atoms with Crippen LogP contribution in [0.1, 0.15) is 42.0 Å². The monoisotopic (exact) mass is 369 g/mol. The molecular formula is C20H27N5S. The molecule has 3 aliphatic rings. The molecule has 26 heavy (non-hydrogen) atoms. The van der Waals surface area contributed by atoms with Crippen molar-refractivity contribution in [2.24, 2.45) is 5.10 Å². The maximum absolute atomic E-state index is 4.56. The van der Waals surface area contributed by atoms with Gasteiger partial charge in [-0.1, -0.05) is 13.0 Å². The molecule has 3 aliphatic heterocycles. The van der Waals surface area contributed by atoms with Crippen LogP contribution < -0.4 is 10.7 Å². The van der Waals surface area contributed by atoms with Gasteiger partial charge in [0.1, 0.15) is 5.01 Å². The van der Waals surface area contributed by atoms with Crippen molar-refractivity contribution in [3.05, 3.63) is 46.2 Å². The van der Waals surface area contributed by atoms with Crippen LogP contribution in [0.4, 0.5) is 0 Å². The average molecular weight is 370 g/mol. The zero-order valence-electron chi connectivity index (χ0n) is 15.4. The Labute approximate surface area is 159 Å². The summed E-state index contributed by atoms with van der Waals surface area (Å²) >= 11 is 1.69. The number of aryl methyl sites for hydroxylation is 1. The number of nitrogens with zero attached hydrogens (tertiary/aromatic N) is 3. The zero-order valence-corrected chi connectivity index (χ0v) is 16.2. The average Bonchev–Trinajstić information content (AvgIpc) is 3.05. The van der Waals surface area contributed by atoms with Gasteiger partial charge in [0.05, 0.1) is 0 Å². The summed E-state index contributed by atoms with van der Waals surface area (Å²) in [4.78, 5) is 8.26. The van der Waals surface area contributed by atoms with Crippen molar-refractivity contribution >= 4 is 23.1 Å². The predicted molar refractivity (Wildman–Crippen MR) is 109 cm³/mol. The highest BCUT2D eigenvalue weighted by Crippen LogP contribution is 2.36. The van der Waals surface area contributed by atoms with Crippen LogP contribution >= 0.6 is 11.3 Å². The Balaban J connectivity index is 1.61. The molecule has 4 heterocycles. The van der Waals surface area contributed by atoms with E-state index in [0.29, 0.717) is 0 Å². The molecule has 0 aliphatic carbocycles. The summed E-state index contributed by atoms with van der Waals surface area (Å²) in [6, 6.07) is 0. The van der Waals surface area contributed by atoms with Crippen LogP contribution in [0.3, 0.4) is 0 Å². The van der Waals surface area contributed by atoms with E-state index in [2.05, 4.69) is 45.3 Å². The summed E-state index contributed by atoms with van der Waals surface area (Å²) in [6.07, 6.45) is 14.1. The molecule has 2 fully saturated rings. The molecule has 1 unspecified atom stereocenters. The van der Waals surface area contributed by atoms with Gasteiger partial charge in [-0.05, 0) is 45.2 Å². The quantitative estimate of drug-likeness (QED) is 0.839. The molecule has 1 atom stereocenters. The van der Waals surface area contributed by atoms with Crippen LogP contribution in [-0.4, -0.2) is 41.3 Å². The minimum atomic E-state index is 0.261. The summed E-state index contributed by atoms with van der Waals surface area (Å²) in [7, 11) is 0. The Morgan fingerprint density at radius 3 is 2.92 bits per heavy atom. The van der Waals surface area contributed by atoms with Gasteiger partial charge in [0, 0.05) is 59.0 Å². The van der Waals surface area contributed by atoms with Crippen LogP contribution in [0, 0.1) is 6.92 Å². The standard InChI is InChI=1S/C20H27N5S/c1-15-12-21-19(26-15)17-13-24-23-10-6-18(16(17)2)25-11-5-8-20(14-25)7-3-4-9-22-20/h6,10,12-13,22,24H,2-5,7-9,11,14H2,1H3/b17-13+,18-6+,23-10-. The van der Waals surface area contributed by atoms with Crippen LogP contribution in [0.2, 0.25) is 0 Å². The maximum atomic E-state index is 4.56. The van der Waals surface area contributed by atoms with Gasteiger partial charge in [-0.25, -0.2) is 4.98 Å². The number of allylic oxidation sites excluding steroid dienone is 2. The Kier molecular flexibility index (Phi) is 4.96. The van der Waals surface area contributed by atoms with Crippen molar-refractivity contribution in [3.8, 4) is 0 Å². The van der Waals surface area contributed by atoms with Crippen molar-refractivity contribution in [1.82, 2.24) is 20.6 Å². The van der Waals surface area contributed by atoms with E-state index >= 15 is 0 Å². The second kappa shape index (κ2) is 7.37.